The Balaban J connectivity index is 4.23. The van der Waals surface area contributed by atoms with Gasteiger partial charge in [0.2, 0.25) is 5.91 Å². The summed E-state index contributed by atoms with van der Waals surface area (Å²) in [4.78, 5) is 12.4. The molecule has 0 rings (SSSR count). The first-order chi connectivity index (χ1) is 16.2. The number of unbranched alkanes of at least 4 members (excludes halogenated alkanes) is 15. The predicted octanol–water partition coefficient (Wildman–Crippen LogP) is 5.53. The number of hydrogen-bond acceptors (Lipinski definition) is 5. The first-order valence-corrected chi connectivity index (χ1v) is 15.4. The van der Waals surface area contributed by atoms with Crippen LogP contribution in [0.15, 0.2) is 0 Å². The second kappa shape index (κ2) is 21.6. The van der Waals surface area contributed by atoms with Crippen LogP contribution in [0.3, 0.4) is 0 Å². The van der Waals surface area contributed by atoms with E-state index < -0.39 is 40.0 Å². The van der Waals surface area contributed by atoms with Crippen molar-refractivity contribution in [2.24, 2.45) is 0 Å². The molecule has 0 aromatic rings. The van der Waals surface area contributed by atoms with Gasteiger partial charge in [0.15, 0.2) is 0 Å². The van der Waals surface area contributed by atoms with E-state index in [9.17, 15) is 28.0 Å². The maximum Gasteiger partial charge on any atom is 0.266 e. The van der Waals surface area contributed by atoms with Gasteiger partial charge in [0, 0.05) is 0 Å². The Morgan fingerprint density at radius 3 is 1.47 bits per heavy atom. The minimum Gasteiger partial charge on any atom is -0.391 e. The van der Waals surface area contributed by atoms with Crippen LogP contribution < -0.4 is 5.32 Å². The van der Waals surface area contributed by atoms with Crippen LogP contribution in [0, 0.1) is 0 Å². The summed E-state index contributed by atoms with van der Waals surface area (Å²) in [6, 6.07) is -1.13. The maximum absolute atomic E-state index is 12.4. The van der Waals surface area contributed by atoms with Crippen molar-refractivity contribution in [2.75, 3.05) is 5.75 Å². The first-order valence-electron chi connectivity index (χ1n) is 13.8. The summed E-state index contributed by atoms with van der Waals surface area (Å²) in [5.74, 6) is -1.45. The smallest absolute Gasteiger partial charge is 0.266 e. The monoisotopic (exact) mass is 507 g/mol. The summed E-state index contributed by atoms with van der Waals surface area (Å²) >= 11 is 0. The second-order valence-corrected chi connectivity index (χ2v) is 11.3. The van der Waals surface area contributed by atoms with Crippen LogP contribution in [0.1, 0.15) is 136 Å². The van der Waals surface area contributed by atoms with Crippen molar-refractivity contribution in [2.45, 2.75) is 154 Å². The molecule has 0 saturated heterocycles. The summed E-state index contributed by atoms with van der Waals surface area (Å²) in [6.45, 7) is 4.37. The molecule has 3 atom stereocenters. The van der Waals surface area contributed by atoms with Crippen molar-refractivity contribution in [3.63, 3.8) is 0 Å². The molecule has 204 valence electrons. The summed E-state index contributed by atoms with van der Waals surface area (Å²) < 4.78 is 32.0. The van der Waals surface area contributed by atoms with Gasteiger partial charge in [-0.1, -0.05) is 123 Å². The van der Waals surface area contributed by atoms with E-state index in [1.54, 1.807) is 0 Å². The van der Waals surface area contributed by atoms with Gasteiger partial charge < -0.3 is 15.5 Å². The molecule has 0 spiro atoms. The SMILES string of the molecule is CCCCCCCCCCCCC(O)C(=O)NC(CS(=O)(=O)O)C(O)CCCCCCCCC. The molecule has 4 N–H and O–H groups in total. The van der Waals surface area contributed by atoms with Gasteiger partial charge in [0.25, 0.3) is 10.1 Å². The number of carbonyl (C=O) groups is 1. The number of rotatable bonds is 24. The van der Waals surface area contributed by atoms with Crippen molar-refractivity contribution in [1.29, 1.82) is 0 Å². The number of aliphatic hydroxyl groups is 2. The second-order valence-electron chi connectivity index (χ2n) is 9.83. The largest absolute Gasteiger partial charge is 0.391 e. The van der Waals surface area contributed by atoms with Crippen LogP contribution >= 0.6 is 0 Å². The lowest BCUT2D eigenvalue weighted by molar-refractivity contribution is -0.131. The lowest BCUT2D eigenvalue weighted by Crippen LogP contribution is -2.50. The standard InChI is InChI=1S/C26H53NO6S/c1-3-5-7-9-11-12-13-15-17-19-21-25(29)26(30)27-23(22-34(31,32)33)24(28)20-18-16-14-10-8-6-4-2/h23-25,28-29H,3-22H2,1-2H3,(H,27,30)(H,31,32,33). The van der Waals surface area contributed by atoms with Crippen LogP contribution in [0.2, 0.25) is 0 Å². The van der Waals surface area contributed by atoms with Crippen LogP contribution in [0.5, 0.6) is 0 Å². The van der Waals surface area contributed by atoms with Crippen molar-refractivity contribution in [1.82, 2.24) is 5.32 Å². The summed E-state index contributed by atoms with van der Waals surface area (Å²) in [5, 5.41) is 23.1. The number of nitrogens with one attached hydrogen (secondary N) is 1. The highest BCUT2D eigenvalue weighted by Gasteiger charge is 2.28. The van der Waals surface area contributed by atoms with Gasteiger partial charge in [-0.3, -0.25) is 9.35 Å². The Morgan fingerprint density at radius 2 is 1.06 bits per heavy atom. The van der Waals surface area contributed by atoms with E-state index in [4.69, 9.17) is 0 Å². The van der Waals surface area contributed by atoms with E-state index in [-0.39, 0.29) is 0 Å². The van der Waals surface area contributed by atoms with Crippen LogP contribution in [-0.2, 0) is 14.9 Å². The Morgan fingerprint density at radius 1 is 0.676 bits per heavy atom. The molecule has 0 radical (unpaired) electrons. The number of hydrogen-bond donors (Lipinski definition) is 4. The quantitative estimate of drug-likeness (QED) is 0.101. The molecule has 3 unspecified atom stereocenters. The third-order valence-corrected chi connectivity index (χ3v) is 7.20. The van der Waals surface area contributed by atoms with E-state index in [1.165, 1.54) is 57.8 Å². The Hall–Kier alpha value is -0.700. The van der Waals surface area contributed by atoms with Crippen LogP contribution in [0.4, 0.5) is 0 Å². The highest BCUT2D eigenvalue weighted by Crippen LogP contribution is 2.14. The van der Waals surface area contributed by atoms with E-state index in [1.807, 2.05) is 0 Å². The van der Waals surface area contributed by atoms with E-state index in [2.05, 4.69) is 19.2 Å². The molecular weight excluding hydrogens is 454 g/mol. The third kappa shape index (κ3) is 20.7. The molecule has 0 aliphatic heterocycles. The molecular formula is C26H53NO6S. The zero-order chi connectivity index (χ0) is 25.7. The van der Waals surface area contributed by atoms with Gasteiger partial charge in [0.1, 0.15) is 6.10 Å². The number of amides is 1. The molecule has 0 fully saturated rings. The fourth-order valence-electron chi connectivity index (χ4n) is 4.22. The number of aliphatic hydroxyl groups excluding tert-OH is 2. The fourth-order valence-corrected chi connectivity index (χ4v) is 4.98. The van der Waals surface area contributed by atoms with Gasteiger partial charge in [-0.15, -0.1) is 0 Å². The highest BCUT2D eigenvalue weighted by atomic mass is 32.2. The van der Waals surface area contributed by atoms with Crippen molar-refractivity contribution < 1.29 is 28.0 Å². The van der Waals surface area contributed by atoms with Crippen molar-refractivity contribution in [3.8, 4) is 0 Å². The van der Waals surface area contributed by atoms with Crippen LogP contribution in [0.25, 0.3) is 0 Å². The molecule has 0 saturated carbocycles. The lowest BCUT2D eigenvalue weighted by Gasteiger charge is -2.24. The number of carbonyl (C=O) groups excluding carboxylic acids is 1. The molecule has 1 amide bonds. The summed E-state index contributed by atoms with van der Waals surface area (Å²) in [7, 11) is -4.38. The average Bonchev–Trinajstić information content (AvgIpc) is 2.78. The van der Waals surface area contributed by atoms with E-state index in [0.717, 1.165) is 38.5 Å². The highest BCUT2D eigenvalue weighted by molar-refractivity contribution is 7.85. The maximum atomic E-state index is 12.4. The third-order valence-electron chi connectivity index (χ3n) is 6.42. The molecule has 34 heavy (non-hydrogen) atoms. The van der Waals surface area contributed by atoms with Gasteiger partial charge in [-0.25, -0.2) is 0 Å². The molecule has 7 nitrogen and oxygen atoms in total. The van der Waals surface area contributed by atoms with Gasteiger partial charge in [-0.2, -0.15) is 8.42 Å². The molecule has 0 aliphatic rings. The fraction of sp³-hybridized carbons (Fsp3) is 0.962. The molecule has 0 aliphatic carbocycles. The Kier molecular flexibility index (Phi) is 21.1. The van der Waals surface area contributed by atoms with Gasteiger partial charge >= 0.3 is 0 Å². The topological polar surface area (TPSA) is 124 Å². The normalized spacial score (nSPS) is 14.6. The molecule has 0 aromatic heterocycles. The zero-order valence-electron chi connectivity index (χ0n) is 21.8. The Labute approximate surface area is 209 Å². The van der Waals surface area contributed by atoms with Crippen molar-refractivity contribution in [3.05, 3.63) is 0 Å². The predicted molar refractivity (Wildman–Crippen MR) is 139 cm³/mol. The lowest BCUT2D eigenvalue weighted by atomic mass is 10.0. The zero-order valence-corrected chi connectivity index (χ0v) is 22.7. The van der Waals surface area contributed by atoms with Crippen LogP contribution in [-0.4, -0.2) is 53.1 Å². The van der Waals surface area contributed by atoms with Gasteiger partial charge in [0.05, 0.1) is 17.9 Å². The summed E-state index contributed by atoms with van der Waals surface area (Å²) in [6.07, 6.45) is 17.3. The van der Waals surface area contributed by atoms with Crippen molar-refractivity contribution >= 4 is 16.0 Å². The molecule has 0 heterocycles. The molecule has 0 bridgehead atoms. The van der Waals surface area contributed by atoms with Gasteiger partial charge in [-0.05, 0) is 12.8 Å². The minimum atomic E-state index is -4.38. The average molecular weight is 508 g/mol. The molecule has 0 aromatic carbocycles. The van der Waals surface area contributed by atoms with E-state index in [0.29, 0.717) is 25.7 Å². The molecule has 8 heteroatoms. The van der Waals surface area contributed by atoms with E-state index >= 15 is 0 Å². The Bertz CT molecular complexity index is 584. The minimum absolute atomic E-state index is 0.300. The summed E-state index contributed by atoms with van der Waals surface area (Å²) in [5.41, 5.74) is 0. The first kappa shape index (κ1) is 33.3.